The van der Waals surface area contributed by atoms with E-state index in [1.807, 2.05) is 56.3 Å². The fourth-order valence-corrected chi connectivity index (χ4v) is 5.66. The highest BCUT2D eigenvalue weighted by Gasteiger charge is 2.21. The Morgan fingerprint density at radius 3 is 2.33 bits per heavy atom. The number of nitrogens with one attached hydrogen (secondary N) is 3. The van der Waals surface area contributed by atoms with Crippen LogP contribution in [0.3, 0.4) is 0 Å². The third kappa shape index (κ3) is 8.83. The van der Waals surface area contributed by atoms with Crippen molar-refractivity contribution >= 4 is 58.5 Å². The Morgan fingerprint density at radius 1 is 0.860 bits per heavy atom. The molecule has 0 aliphatic heterocycles. The molecule has 220 valence electrons. The molecule has 0 radical (unpaired) electrons. The summed E-state index contributed by atoms with van der Waals surface area (Å²) in [4.78, 5) is 40.5. The lowest BCUT2D eigenvalue weighted by Crippen LogP contribution is -2.30. The third-order valence-corrected chi connectivity index (χ3v) is 8.30. The van der Waals surface area contributed by atoms with Crippen LogP contribution in [0.1, 0.15) is 47.3 Å². The van der Waals surface area contributed by atoms with E-state index in [-0.39, 0.29) is 16.9 Å². The predicted octanol–water partition coefficient (Wildman–Crippen LogP) is 8.13. The maximum Gasteiger partial charge on any atom is 0.272 e. The molecule has 0 saturated carbocycles. The maximum atomic E-state index is 13.5. The topological polar surface area (TPSA) is 87.3 Å². The summed E-state index contributed by atoms with van der Waals surface area (Å²) >= 11 is 7.59. The zero-order valence-electron chi connectivity index (χ0n) is 24.3. The number of carbonyl (C=O) groups is 3. The Kier molecular flexibility index (Phi) is 11.2. The van der Waals surface area contributed by atoms with Gasteiger partial charge in [-0.25, -0.2) is 0 Å². The summed E-state index contributed by atoms with van der Waals surface area (Å²) < 4.78 is 0. The normalized spacial score (nSPS) is 11.9. The van der Waals surface area contributed by atoms with Gasteiger partial charge in [0.2, 0.25) is 5.91 Å². The highest BCUT2D eigenvalue weighted by molar-refractivity contribution is 8.00. The fourth-order valence-electron chi connectivity index (χ4n) is 4.44. The van der Waals surface area contributed by atoms with Crippen LogP contribution in [0.15, 0.2) is 108 Å². The van der Waals surface area contributed by atoms with Crippen molar-refractivity contribution in [3.63, 3.8) is 0 Å². The number of halogens is 1. The van der Waals surface area contributed by atoms with Gasteiger partial charge in [0.05, 0.1) is 5.25 Å². The second-order valence-corrected chi connectivity index (χ2v) is 11.6. The van der Waals surface area contributed by atoms with Gasteiger partial charge in [0.1, 0.15) is 5.70 Å². The minimum atomic E-state index is -0.497. The Balaban J connectivity index is 1.51. The summed E-state index contributed by atoms with van der Waals surface area (Å²) in [6, 6.07) is 29.0. The summed E-state index contributed by atoms with van der Waals surface area (Å²) in [5.74, 6) is -0.978. The molecule has 0 aromatic heterocycles. The average Bonchev–Trinajstić information content (AvgIpc) is 3.01. The maximum absolute atomic E-state index is 13.5. The van der Waals surface area contributed by atoms with E-state index in [1.165, 1.54) is 11.8 Å². The molecule has 0 saturated heterocycles. The monoisotopic (exact) mass is 611 g/mol. The number of aryl methyl sites for hydroxylation is 2. The molecule has 3 amide bonds. The molecule has 0 bridgehead atoms. The van der Waals surface area contributed by atoms with E-state index in [1.54, 1.807) is 60.7 Å². The summed E-state index contributed by atoms with van der Waals surface area (Å²) in [5, 5.41) is 8.94. The van der Waals surface area contributed by atoms with Crippen molar-refractivity contribution in [3.05, 3.63) is 130 Å². The van der Waals surface area contributed by atoms with Crippen LogP contribution in [0.2, 0.25) is 5.02 Å². The molecule has 43 heavy (non-hydrogen) atoms. The number of para-hydroxylation sites is 1. The lowest BCUT2D eigenvalue weighted by Gasteiger charge is -2.18. The number of thioether (sulfide) groups is 1. The van der Waals surface area contributed by atoms with Gasteiger partial charge in [0.15, 0.2) is 0 Å². The van der Waals surface area contributed by atoms with Gasteiger partial charge in [-0.2, -0.15) is 0 Å². The summed E-state index contributed by atoms with van der Waals surface area (Å²) in [7, 11) is 0. The minimum absolute atomic E-state index is 0.0601. The van der Waals surface area contributed by atoms with E-state index >= 15 is 0 Å². The molecular weight excluding hydrogens is 578 g/mol. The van der Waals surface area contributed by atoms with E-state index in [0.29, 0.717) is 28.3 Å². The van der Waals surface area contributed by atoms with E-state index in [0.717, 1.165) is 28.1 Å². The molecular formula is C35H34ClN3O3S. The van der Waals surface area contributed by atoms with E-state index in [4.69, 9.17) is 11.6 Å². The van der Waals surface area contributed by atoms with Crippen LogP contribution in [-0.4, -0.2) is 23.0 Å². The Morgan fingerprint density at radius 2 is 1.60 bits per heavy atom. The first-order valence-electron chi connectivity index (χ1n) is 14.1. The average molecular weight is 612 g/mol. The lowest BCUT2D eigenvalue weighted by atomic mass is 10.1. The molecule has 0 aliphatic rings. The molecule has 1 atom stereocenters. The van der Waals surface area contributed by atoms with E-state index in [9.17, 15) is 14.4 Å². The zero-order valence-corrected chi connectivity index (χ0v) is 25.9. The van der Waals surface area contributed by atoms with Crippen LogP contribution in [0.25, 0.3) is 6.08 Å². The molecule has 3 N–H and O–H groups in total. The molecule has 4 aromatic rings. The highest BCUT2D eigenvalue weighted by Crippen LogP contribution is 2.30. The molecule has 0 spiro atoms. The van der Waals surface area contributed by atoms with Crippen LogP contribution >= 0.6 is 23.4 Å². The first-order chi connectivity index (χ1) is 20.8. The standard InChI is InChI=1S/C35H34ClN3O3S/c1-4-25-16-9-12-23(3)32(25)39-35(42)31(5-2)43-29-19-11-18-28(22-29)37-34(41)30(21-24-13-10-17-27(36)20-24)38-33(40)26-14-7-6-8-15-26/h6-22,31H,4-5H2,1-3H3,(H,37,41)(H,38,40)(H,39,42)/b30-21-. The highest BCUT2D eigenvalue weighted by atomic mass is 35.5. The number of carbonyl (C=O) groups excluding carboxylic acids is 3. The smallest absolute Gasteiger partial charge is 0.272 e. The van der Waals surface area contributed by atoms with Gasteiger partial charge in [0.25, 0.3) is 11.8 Å². The van der Waals surface area contributed by atoms with Gasteiger partial charge in [-0.15, -0.1) is 11.8 Å². The first kappa shape index (κ1) is 31.6. The fraction of sp³-hybridized carbons (Fsp3) is 0.171. The van der Waals surface area contributed by atoms with Crippen molar-refractivity contribution < 1.29 is 14.4 Å². The van der Waals surface area contributed by atoms with Crippen molar-refractivity contribution in [2.24, 2.45) is 0 Å². The van der Waals surface area contributed by atoms with E-state index in [2.05, 4.69) is 22.9 Å². The summed E-state index contributed by atoms with van der Waals surface area (Å²) in [5.41, 5.74) is 4.66. The van der Waals surface area contributed by atoms with Crippen LogP contribution in [0.5, 0.6) is 0 Å². The lowest BCUT2D eigenvalue weighted by molar-refractivity contribution is -0.116. The third-order valence-electron chi connectivity index (χ3n) is 6.71. The Bertz CT molecular complexity index is 1640. The molecule has 8 heteroatoms. The molecule has 4 rings (SSSR count). The van der Waals surface area contributed by atoms with Crippen LogP contribution in [0.4, 0.5) is 11.4 Å². The van der Waals surface area contributed by atoms with Gasteiger partial charge in [-0.1, -0.05) is 80.0 Å². The van der Waals surface area contributed by atoms with Crippen LogP contribution in [-0.2, 0) is 16.0 Å². The number of amides is 3. The number of hydrogen-bond acceptors (Lipinski definition) is 4. The number of benzene rings is 4. The number of rotatable bonds is 11. The van der Waals surface area contributed by atoms with Crippen molar-refractivity contribution in [3.8, 4) is 0 Å². The van der Waals surface area contributed by atoms with Gasteiger partial charge in [-0.05, 0) is 85.0 Å². The number of hydrogen-bond donors (Lipinski definition) is 3. The minimum Gasteiger partial charge on any atom is -0.325 e. The van der Waals surface area contributed by atoms with Crippen molar-refractivity contribution in [1.29, 1.82) is 0 Å². The van der Waals surface area contributed by atoms with Crippen molar-refractivity contribution in [2.45, 2.75) is 43.8 Å². The van der Waals surface area contributed by atoms with Gasteiger partial charge in [0, 0.05) is 26.9 Å². The predicted molar refractivity (Wildman–Crippen MR) is 178 cm³/mol. The zero-order chi connectivity index (χ0) is 30.8. The molecule has 4 aromatic carbocycles. The van der Waals surface area contributed by atoms with E-state index < -0.39 is 11.8 Å². The Hall–Kier alpha value is -4.33. The SMILES string of the molecule is CCc1cccc(C)c1NC(=O)C(CC)Sc1cccc(NC(=O)/C(=C/c2cccc(Cl)c2)NC(=O)c2ccccc2)c1. The summed E-state index contributed by atoms with van der Waals surface area (Å²) in [6.07, 6.45) is 3.02. The summed E-state index contributed by atoms with van der Waals surface area (Å²) in [6.45, 7) is 6.04. The van der Waals surface area contributed by atoms with Crippen LogP contribution < -0.4 is 16.0 Å². The van der Waals surface area contributed by atoms with Crippen molar-refractivity contribution in [1.82, 2.24) is 5.32 Å². The van der Waals surface area contributed by atoms with Gasteiger partial charge < -0.3 is 16.0 Å². The largest absolute Gasteiger partial charge is 0.325 e. The molecule has 0 aliphatic carbocycles. The first-order valence-corrected chi connectivity index (χ1v) is 15.3. The second kappa shape index (κ2) is 15.2. The quantitative estimate of drug-likeness (QED) is 0.118. The number of anilines is 2. The van der Waals surface area contributed by atoms with Crippen LogP contribution in [0, 0.1) is 6.92 Å². The van der Waals surface area contributed by atoms with Crippen molar-refractivity contribution in [2.75, 3.05) is 10.6 Å². The molecule has 0 fully saturated rings. The second-order valence-electron chi connectivity index (χ2n) is 9.88. The molecule has 6 nitrogen and oxygen atoms in total. The molecule has 0 heterocycles. The Labute approximate surface area is 261 Å². The van der Waals surface area contributed by atoms with Gasteiger partial charge in [-0.3, -0.25) is 14.4 Å². The molecule has 1 unspecified atom stereocenters. The van der Waals surface area contributed by atoms with Gasteiger partial charge >= 0.3 is 0 Å².